The van der Waals surface area contributed by atoms with E-state index in [2.05, 4.69) is 20.3 Å². The highest BCUT2D eigenvalue weighted by Gasteiger charge is 2.14. The molecule has 6 heteroatoms. The molecule has 0 radical (unpaired) electrons. The number of benzene rings is 2. The van der Waals surface area contributed by atoms with E-state index in [9.17, 15) is 0 Å². The molecular weight excluding hydrogens is 328 g/mol. The Morgan fingerprint density at radius 1 is 0.962 bits per heavy atom. The fourth-order valence-electron chi connectivity index (χ4n) is 2.59. The summed E-state index contributed by atoms with van der Waals surface area (Å²) in [5.41, 5.74) is 3.40. The third kappa shape index (κ3) is 3.35. The van der Waals surface area contributed by atoms with Crippen LogP contribution in [0, 0.1) is 0 Å². The first-order chi connectivity index (χ1) is 12.7. The van der Waals surface area contributed by atoms with E-state index in [1.165, 1.54) is 0 Å². The van der Waals surface area contributed by atoms with Crippen molar-refractivity contribution in [2.24, 2.45) is 0 Å². The molecular formula is C20H18N4O2. The molecule has 4 rings (SSSR count). The zero-order valence-corrected chi connectivity index (χ0v) is 14.5. The molecule has 2 aromatic carbocycles. The van der Waals surface area contributed by atoms with Gasteiger partial charge >= 0.3 is 0 Å². The number of aromatic amines is 1. The number of rotatable bonds is 5. The molecule has 0 aliphatic rings. The van der Waals surface area contributed by atoms with Crippen LogP contribution in [-0.2, 0) is 0 Å². The van der Waals surface area contributed by atoms with Crippen LogP contribution in [0.3, 0.4) is 0 Å². The molecule has 0 bridgehead atoms. The summed E-state index contributed by atoms with van der Waals surface area (Å²) in [5.74, 6) is 1.73. The minimum absolute atomic E-state index is 0.136. The fraction of sp³-hybridized carbons (Fsp3) is 0.150. The number of nitrogens with one attached hydrogen (secondary N) is 1. The van der Waals surface area contributed by atoms with Gasteiger partial charge in [0.15, 0.2) is 0 Å². The molecule has 1 N–H and O–H groups in total. The van der Waals surface area contributed by atoms with Crippen LogP contribution >= 0.6 is 0 Å². The van der Waals surface area contributed by atoms with E-state index >= 15 is 0 Å². The molecule has 6 nitrogen and oxygen atoms in total. The second-order valence-electron chi connectivity index (χ2n) is 6.15. The second-order valence-corrected chi connectivity index (χ2v) is 6.15. The van der Waals surface area contributed by atoms with Crippen LogP contribution in [0.4, 0.5) is 0 Å². The molecule has 0 aliphatic carbocycles. The molecule has 0 saturated heterocycles. The normalized spacial score (nSPS) is 11.0. The SMILES string of the molecule is CC(C)Oc1ccc(-c2noc(-c3cc(-c4ccccc4)n[nH]3)n2)cc1. The largest absolute Gasteiger partial charge is 0.491 e. The lowest BCUT2D eigenvalue weighted by molar-refractivity contribution is 0.242. The molecule has 0 atom stereocenters. The van der Waals surface area contributed by atoms with Crippen molar-refractivity contribution in [3.05, 3.63) is 60.7 Å². The molecule has 26 heavy (non-hydrogen) atoms. The first kappa shape index (κ1) is 16.1. The van der Waals surface area contributed by atoms with Gasteiger partial charge in [-0.25, -0.2) is 0 Å². The van der Waals surface area contributed by atoms with Crippen molar-refractivity contribution in [2.45, 2.75) is 20.0 Å². The van der Waals surface area contributed by atoms with E-state index < -0.39 is 0 Å². The van der Waals surface area contributed by atoms with Crippen LogP contribution in [0.5, 0.6) is 5.75 Å². The molecule has 0 fully saturated rings. The number of nitrogens with zero attached hydrogens (tertiary/aromatic N) is 3. The number of H-pyrrole nitrogens is 1. The van der Waals surface area contributed by atoms with E-state index in [0.29, 0.717) is 17.4 Å². The van der Waals surface area contributed by atoms with Crippen molar-refractivity contribution in [2.75, 3.05) is 0 Å². The van der Waals surface area contributed by atoms with Gasteiger partial charge in [0.1, 0.15) is 11.4 Å². The van der Waals surface area contributed by atoms with Crippen molar-refractivity contribution in [1.29, 1.82) is 0 Å². The van der Waals surface area contributed by atoms with Gasteiger partial charge in [0, 0.05) is 11.1 Å². The van der Waals surface area contributed by atoms with Gasteiger partial charge in [-0.1, -0.05) is 35.5 Å². The molecule has 0 saturated carbocycles. The fourth-order valence-corrected chi connectivity index (χ4v) is 2.59. The Hall–Kier alpha value is -3.41. The van der Waals surface area contributed by atoms with Crippen molar-refractivity contribution < 1.29 is 9.26 Å². The molecule has 0 aliphatic heterocycles. The maximum absolute atomic E-state index is 5.65. The standard InChI is InChI=1S/C20H18N4O2/c1-13(2)25-16-10-8-15(9-11-16)19-21-20(26-24-19)18-12-17(22-23-18)14-6-4-3-5-7-14/h3-13H,1-2H3,(H,22,23). The Balaban J connectivity index is 1.56. The molecule has 2 aromatic heterocycles. The minimum atomic E-state index is 0.136. The number of aromatic nitrogens is 4. The Morgan fingerprint density at radius 2 is 1.73 bits per heavy atom. The number of ether oxygens (including phenoxy) is 1. The van der Waals surface area contributed by atoms with Gasteiger partial charge in [-0.05, 0) is 44.2 Å². The Labute approximate surface area is 150 Å². The topological polar surface area (TPSA) is 76.8 Å². The first-order valence-electron chi connectivity index (χ1n) is 8.41. The maximum atomic E-state index is 5.65. The van der Waals surface area contributed by atoms with Crippen molar-refractivity contribution in [3.63, 3.8) is 0 Å². The summed E-state index contributed by atoms with van der Waals surface area (Å²) >= 11 is 0. The average Bonchev–Trinajstić information content (AvgIpc) is 3.32. The van der Waals surface area contributed by atoms with E-state index in [1.54, 1.807) is 0 Å². The zero-order chi connectivity index (χ0) is 17.9. The van der Waals surface area contributed by atoms with E-state index in [1.807, 2.05) is 74.5 Å². The van der Waals surface area contributed by atoms with Crippen LogP contribution in [0.25, 0.3) is 34.2 Å². The van der Waals surface area contributed by atoms with Crippen LogP contribution in [-0.4, -0.2) is 26.4 Å². The zero-order valence-electron chi connectivity index (χ0n) is 14.5. The highest BCUT2D eigenvalue weighted by atomic mass is 16.5. The summed E-state index contributed by atoms with van der Waals surface area (Å²) in [7, 11) is 0. The van der Waals surface area contributed by atoms with Gasteiger partial charge in [-0.15, -0.1) is 0 Å². The molecule has 0 amide bonds. The lowest BCUT2D eigenvalue weighted by Crippen LogP contribution is -2.05. The lowest BCUT2D eigenvalue weighted by Gasteiger charge is -2.09. The average molecular weight is 346 g/mol. The smallest absolute Gasteiger partial charge is 0.276 e. The summed E-state index contributed by atoms with van der Waals surface area (Å²) in [6.07, 6.45) is 0.136. The van der Waals surface area contributed by atoms with Crippen LogP contribution in [0.15, 0.2) is 65.2 Å². The lowest BCUT2D eigenvalue weighted by atomic mass is 10.1. The molecule has 0 unspecified atom stereocenters. The Kier molecular flexibility index (Phi) is 4.23. The summed E-state index contributed by atoms with van der Waals surface area (Å²) < 4.78 is 11.0. The molecule has 0 spiro atoms. The summed E-state index contributed by atoms with van der Waals surface area (Å²) in [4.78, 5) is 4.46. The van der Waals surface area contributed by atoms with Gasteiger partial charge in [0.05, 0.1) is 11.8 Å². The van der Waals surface area contributed by atoms with Gasteiger partial charge < -0.3 is 9.26 Å². The Morgan fingerprint density at radius 3 is 2.46 bits per heavy atom. The van der Waals surface area contributed by atoms with Crippen molar-refractivity contribution >= 4 is 0 Å². The molecule has 4 aromatic rings. The minimum Gasteiger partial charge on any atom is -0.491 e. The summed E-state index contributed by atoms with van der Waals surface area (Å²) in [6.45, 7) is 3.99. The van der Waals surface area contributed by atoms with Crippen molar-refractivity contribution in [3.8, 4) is 40.0 Å². The van der Waals surface area contributed by atoms with E-state index in [-0.39, 0.29) is 6.10 Å². The molecule has 2 heterocycles. The van der Waals surface area contributed by atoms with Gasteiger partial charge in [0.2, 0.25) is 5.82 Å². The van der Waals surface area contributed by atoms with Crippen LogP contribution < -0.4 is 4.74 Å². The van der Waals surface area contributed by atoms with Crippen LogP contribution in [0.2, 0.25) is 0 Å². The first-order valence-corrected chi connectivity index (χ1v) is 8.41. The predicted octanol–water partition coefficient (Wildman–Crippen LogP) is 4.58. The summed E-state index contributed by atoms with van der Waals surface area (Å²) in [5, 5.41) is 11.3. The summed E-state index contributed by atoms with van der Waals surface area (Å²) in [6, 6.07) is 19.4. The quantitative estimate of drug-likeness (QED) is 0.572. The predicted molar refractivity (Wildman–Crippen MR) is 98.5 cm³/mol. The van der Waals surface area contributed by atoms with Gasteiger partial charge in [-0.3, -0.25) is 5.10 Å². The van der Waals surface area contributed by atoms with Crippen molar-refractivity contribution in [1.82, 2.24) is 20.3 Å². The third-order valence-corrected chi connectivity index (χ3v) is 3.79. The Bertz CT molecular complexity index is 988. The maximum Gasteiger partial charge on any atom is 0.276 e. The highest BCUT2D eigenvalue weighted by Crippen LogP contribution is 2.26. The number of hydrogen-bond acceptors (Lipinski definition) is 5. The highest BCUT2D eigenvalue weighted by molar-refractivity contribution is 5.65. The van der Waals surface area contributed by atoms with Gasteiger partial charge in [-0.2, -0.15) is 10.1 Å². The van der Waals surface area contributed by atoms with Crippen LogP contribution in [0.1, 0.15) is 13.8 Å². The second kappa shape index (κ2) is 6.84. The third-order valence-electron chi connectivity index (χ3n) is 3.79. The van der Waals surface area contributed by atoms with Gasteiger partial charge in [0.25, 0.3) is 5.89 Å². The monoisotopic (exact) mass is 346 g/mol. The van der Waals surface area contributed by atoms with E-state index in [4.69, 9.17) is 9.26 Å². The number of hydrogen-bond donors (Lipinski definition) is 1. The van der Waals surface area contributed by atoms with E-state index in [0.717, 1.165) is 22.6 Å². The molecule has 130 valence electrons.